The summed E-state index contributed by atoms with van der Waals surface area (Å²) in [6, 6.07) is 14.0. The average molecular weight is 503 g/mol. The molecule has 0 N–H and O–H groups in total. The molecule has 0 saturated carbocycles. The molecule has 1 aliphatic heterocycles. The molecular weight excluding hydrogens is 472 g/mol. The van der Waals surface area contributed by atoms with Crippen LogP contribution < -0.4 is 23.7 Å². The number of allylic oxidation sites excluding steroid dienone is 1. The molecule has 192 valence electrons. The highest BCUT2D eigenvalue weighted by molar-refractivity contribution is 6.15. The highest BCUT2D eigenvalue weighted by Gasteiger charge is 2.31. The van der Waals surface area contributed by atoms with Crippen LogP contribution in [0.15, 0.2) is 54.3 Å². The smallest absolute Gasteiger partial charge is 0.343 e. The summed E-state index contributed by atoms with van der Waals surface area (Å²) in [4.78, 5) is 25.9. The van der Waals surface area contributed by atoms with E-state index in [1.807, 2.05) is 12.1 Å². The van der Waals surface area contributed by atoms with Crippen LogP contribution in [0.25, 0.3) is 6.08 Å². The Kier molecular flexibility index (Phi) is 6.99. The van der Waals surface area contributed by atoms with Crippen molar-refractivity contribution in [2.45, 2.75) is 33.1 Å². The molecule has 4 rings (SSSR count). The molecule has 1 heterocycles. The first-order valence-corrected chi connectivity index (χ1v) is 11.8. The zero-order valence-electron chi connectivity index (χ0n) is 22.1. The minimum atomic E-state index is -0.485. The van der Waals surface area contributed by atoms with Gasteiger partial charge in [0.25, 0.3) is 0 Å². The van der Waals surface area contributed by atoms with Crippen molar-refractivity contribution in [1.29, 1.82) is 0 Å². The Labute approximate surface area is 216 Å². The van der Waals surface area contributed by atoms with Gasteiger partial charge in [-0.3, -0.25) is 4.79 Å². The molecule has 1 aliphatic rings. The zero-order valence-corrected chi connectivity index (χ0v) is 22.1. The van der Waals surface area contributed by atoms with Gasteiger partial charge in [0, 0.05) is 5.56 Å². The van der Waals surface area contributed by atoms with Crippen LogP contribution in [0.2, 0.25) is 0 Å². The number of hydrogen-bond donors (Lipinski definition) is 0. The summed E-state index contributed by atoms with van der Waals surface area (Å²) in [6.07, 6.45) is 1.61. The molecule has 0 aliphatic carbocycles. The van der Waals surface area contributed by atoms with Crippen LogP contribution in [0.4, 0.5) is 0 Å². The van der Waals surface area contributed by atoms with Gasteiger partial charge in [0.1, 0.15) is 11.5 Å². The van der Waals surface area contributed by atoms with Gasteiger partial charge in [-0.25, -0.2) is 4.79 Å². The van der Waals surface area contributed by atoms with Crippen LogP contribution in [0.5, 0.6) is 28.7 Å². The number of Topliss-reactive ketones (excluding diaryl/α,β-unsaturated/α-hetero) is 1. The zero-order chi connectivity index (χ0) is 26.9. The molecule has 37 heavy (non-hydrogen) atoms. The van der Waals surface area contributed by atoms with Gasteiger partial charge in [-0.2, -0.15) is 0 Å². The minimum Gasteiger partial charge on any atom is -0.493 e. The molecule has 3 aromatic carbocycles. The number of carbonyl (C=O) groups is 2. The normalized spacial score (nSPS) is 13.7. The first-order valence-electron chi connectivity index (χ1n) is 11.8. The lowest BCUT2D eigenvalue weighted by Crippen LogP contribution is -2.13. The van der Waals surface area contributed by atoms with E-state index in [1.165, 1.54) is 21.3 Å². The number of hydrogen-bond acceptors (Lipinski definition) is 7. The fourth-order valence-corrected chi connectivity index (χ4v) is 4.08. The second-order valence-corrected chi connectivity index (χ2v) is 9.68. The maximum Gasteiger partial charge on any atom is 0.343 e. The monoisotopic (exact) mass is 502 g/mol. The van der Waals surface area contributed by atoms with Crippen LogP contribution in [0.1, 0.15) is 58.2 Å². The number of rotatable bonds is 6. The Morgan fingerprint density at radius 3 is 2.03 bits per heavy atom. The largest absolute Gasteiger partial charge is 0.493 e. The maximum atomic E-state index is 13.1. The molecular formula is C30H30O7. The van der Waals surface area contributed by atoms with Crippen molar-refractivity contribution >= 4 is 17.8 Å². The van der Waals surface area contributed by atoms with Gasteiger partial charge >= 0.3 is 5.97 Å². The number of ketones is 1. The van der Waals surface area contributed by atoms with Crippen LogP contribution in [0, 0.1) is 6.92 Å². The van der Waals surface area contributed by atoms with Gasteiger partial charge in [-0.05, 0) is 65.9 Å². The number of fused-ring (bicyclic) bond motifs is 1. The molecule has 0 amide bonds. The van der Waals surface area contributed by atoms with E-state index in [0.717, 1.165) is 5.56 Å². The van der Waals surface area contributed by atoms with E-state index >= 15 is 0 Å². The third kappa shape index (κ3) is 5.03. The topological polar surface area (TPSA) is 80.3 Å². The Morgan fingerprint density at radius 1 is 0.865 bits per heavy atom. The summed E-state index contributed by atoms with van der Waals surface area (Å²) in [5, 5.41) is 0. The molecule has 0 unspecified atom stereocenters. The molecule has 0 atom stereocenters. The van der Waals surface area contributed by atoms with Crippen molar-refractivity contribution in [2.24, 2.45) is 0 Å². The molecule has 0 aromatic heterocycles. The predicted octanol–water partition coefficient (Wildman–Crippen LogP) is 6.15. The van der Waals surface area contributed by atoms with Crippen molar-refractivity contribution in [2.75, 3.05) is 21.3 Å². The number of carbonyl (C=O) groups excluding carboxylic acids is 2. The molecule has 0 fully saturated rings. The van der Waals surface area contributed by atoms with Crippen molar-refractivity contribution < 1.29 is 33.3 Å². The lowest BCUT2D eigenvalue weighted by atomic mass is 9.87. The van der Waals surface area contributed by atoms with Gasteiger partial charge in [0.05, 0.1) is 32.5 Å². The highest BCUT2D eigenvalue weighted by Crippen LogP contribution is 2.42. The SMILES string of the molecule is COc1cc(/C=C2\Oc3c(ccc(OC(=O)c4ccc(C(C)(C)C)cc4)c3C)C2=O)cc(OC)c1OC. The molecule has 3 aromatic rings. The van der Waals surface area contributed by atoms with E-state index in [-0.39, 0.29) is 17.0 Å². The van der Waals surface area contributed by atoms with Crippen LogP contribution in [-0.2, 0) is 5.41 Å². The summed E-state index contributed by atoms with van der Waals surface area (Å²) in [7, 11) is 4.56. The standard InChI is InChI=1S/C30H30O7/c1-17-22(37-29(32)19-8-10-20(11-9-19)30(2,3)4)13-12-21-26(31)23(36-27(17)21)14-18-15-24(33-5)28(35-7)25(16-18)34-6/h8-16H,1-7H3/b23-14-. The van der Waals surface area contributed by atoms with Crippen LogP contribution >= 0.6 is 0 Å². The van der Waals surface area contributed by atoms with Gasteiger partial charge in [0.15, 0.2) is 17.3 Å². The third-order valence-electron chi connectivity index (χ3n) is 6.21. The first-order chi connectivity index (χ1) is 17.6. The Hall–Kier alpha value is -4.26. The Balaban J connectivity index is 1.59. The molecule has 0 spiro atoms. The van der Waals surface area contributed by atoms with E-state index in [4.69, 9.17) is 23.7 Å². The van der Waals surface area contributed by atoms with Gasteiger partial charge in [-0.15, -0.1) is 0 Å². The van der Waals surface area contributed by atoms with Crippen LogP contribution in [0.3, 0.4) is 0 Å². The van der Waals surface area contributed by atoms with Crippen molar-refractivity contribution in [3.05, 3.63) is 82.1 Å². The Morgan fingerprint density at radius 2 is 1.49 bits per heavy atom. The van der Waals surface area contributed by atoms with Gasteiger partial charge in [-0.1, -0.05) is 32.9 Å². The van der Waals surface area contributed by atoms with Crippen molar-refractivity contribution in [1.82, 2.24) is 0 Å². The number of esters is 1. The summed E-state index contributed by atoms with van der Waals surface area (Å²) < 4.78 is 27.8. The second-order valence-electron chi connectivity index (χ2n) is 9.68. The van der Waals surface area contributed by atoms with Crippen molar-refractivity contribution in [3.8, 4) is 28.7 Å². The molecule has 0 radical (unpaired) electrons. The van der Waals surface area contributed by atoms with E-state index in [1.54, 1.807) is 49.4 Å². The number of benzene rings is 3. The number of ether oxygens (including phenoxy) is 5. The average Bonchev–Trinajstić information content (AvgIpc) is 3.20. The fraction of sp³-hybridized carbons (Fsp3) is 0.267. The lowest BCUT2D eigenvalue weighted by Gasteiger charge is -2.19. The molecule has 0 bridgehead atoms. The van der Waals surface area contributed by atoms with E-state index < -0.39 is 5.97 Å². The molecule has 7 nitrogen and oxygen atoms in total. The third-order valence-corrected chi connectivity index (χ3v) is 6.21. The van der Waals surface area contributed by atoms with E-state index in [2.05, 4.69) is 20.8 Å². The van der Waals surface area contributed by atoms with Gasteiger partial charge in [0.2, 0.25) is 11.5 Å². The van der Waals surface area contributed by atoms with E-state index in [0.29, 0.717) is 51.0 Å². The minimum absolute atomic E-state index is 0.0177. The summed E-state index contributed by atoms with van der Waals surface area (Å²) in [6.45, 7) is 8.08. The van der Waals surface area contributed by atoms with Gasteiger partial charge < -0.3 is 23.7 Å². The second kappa shape index (κ2) is 10.0. The fourth-order valence-electron chi connectivity index (χ4n) is 4.08. The highest BCUT2D eigenvalue weighted by atomic mass is 16.5. The number of methoxy groups -OCH3 is 3. The predicted molar refractivity (Wildman–Crippen MR) is 140 cm³/mol. The van der Waals surface area contributed by atoms with Crippen molar-refractivity contribution in [3.63, 3.8) is 0 Å². The summed E-state index contributed by atoms with van der Waals surface area (Å²) >= 11 is 0. The first kappa shape index (κ1) is 25.8. The Bertz CT molecular complexity index is 1370. The molecule has 7 heteroatoms. The molecule has 0 saturated heterocycles. The van der Waals surface area contributed by atoms with Crippen LogP contribution in [-0.4, -0.2) is 33.1 Å². The summed E-state index contributed by atoms with van der Waals surface area (Å²) in [5.41, 5.74) is 3.12. The van der Waals surface area contributed by atoms with E-state index in [9.17, 15) is 9.59 Å². The summed E-state index contributed by atoms with van der Waals surface area (Å²) in [5.74, 6) is 1.42. The maximum absolute atomic E-state index is 13.1. The lowest BCUT2D eigenvalue weighted by molar-refractivity contribution is 0.0733. The quantitative estimate of drug-likeness (QED) is 0.227.